The molecule has 3 aromatic rings. The van der Waals surface area contributed by atoms with E-state index in [4.69, 9.17) is 0 Å². The average Bonchev–Trinajstić information content (AvgIpc) is 2.69. The summed E-state index contributed by atoms with van der Waals surface area (Å²) in [4.78, 5) is 14.0. The maximum atomic E-state index is 13.5. The molecule has 1 aliphatic rings. The quantitative estimate of drug-likeness (QED) is 0.389. The first-order valence-electron chi connectivity index (χ1n) is 9.46. The number of anilines is 1. The molecule has 0 aliphatic carbocycles. The van der Waals surface area contributed by atoms with Crippen molar-refractivity contribution < 1.29 is 39.5 Å². The minimum Gasteiger partial charge on any atom is -0.385 e. The fraction of sp³-hybridized carbons (Fsp3) is 0.286. The standard InChI is InChI=1S/C21H13F9N2O/c22-19(23,24)10-3-9(4-11(5-10)20(25,26)27)12-1-2-31-16-8-17-14(6-13(12)16)15(21(28,29)30)7-18(33)32-17/h3-8,12,31H,1-2H2,(H,32,33). The van der Waals surface area contributed by atoms with Crippen molar-refractivity contribution in [1.82, 2.24) is 4.98 Å². The summed E-state index contributed by atoms with van der Waals surface area (Å²) in [6, 6.07) is 3.76. The van der Waals surface area contributed by atoms with Crippen LogP contribution in [0.5, 0.6) is 0 Å². The number of hydrogen-bond donors (Lipinski definition) is 2. The van der Waals surface area contributed by atoms with Crippen molar-refractivity contribution in [2.75, 3.05) is 11.9 Å². The van der Waals surface area contributed by atoms with Crippen LogP contribution in [-0.4, -0.2) is 11.5 Å². The van der Waals surface area contributed by atoms with Gasteiger partial charge in [-0.2, -0.15) is 39.5 Å². The number of hydrogen-bond acceptors (Lipinski definition) is 2. The molecule has 0 saturated carbocycles. The Bertz CT molecular complexity index is 1250. The first-order chi connectivity index (χ1) is 15.1. The summed E-state index contributed by atoms with van der Waals surface area (Å²) >= 11 is 0. The van der Waals surface area contributed by atoms with Crippen LogP contribution < -0.4 is 10.9 Å². The third kappa shape index (κ3) is 4.38. The van der Waals surface area contributed by atoms with Gasteiger partial charge < -0.3 is 10.3 Å². The van der Waals surface area contributed by atoms with Crippen LogP contribution in [0, 0.1) is 0 Å². The van der Waals surface area contributed by atoms with Gasteiger partial charge in [-0.15, -0.1) is 0 Å². The highest BCUT2D eigenvalue weighted by Gasteiger charge is 2.39. The lowest BCUT2D eigenvalue weighted by atomic mass is 9.82. The lowest BCUT2D eigenvalue weighted by molar-refractivity contribution is -0.143. The molecule has 1 aromatic heterocycles. The largest absolute Gasteiger partial charge is 0.417 e. The minimum absolute atomic E-state index is 0.00161. The van der Waals surface area contributed by atoms with Crippen LogP contribution in [0.3, 0.4) is 0 Å². The van der Waals surface area contributed by atoms with E-state index in [0.29, 0.717) is 18.2 Å². The highest BCUT2D eigenvalue weighted by molar-refractivity contribution is 5.88. The van der Waals surface area contributed by atoms with Gasteiger partial charge in [-0.3, -0.25) is 4.79 Å². The third-order valence-electron chi connectivity index (χ3n) is 5.45. The fourth-order valence-corrected chi connectivity index (χ4v) is 4.03. The van der Waals surface area contributed by atoms with Gasteiger partial charge in [0.2, 0.25) is 5.56 Å². The maximum absolute atomic E-state index is 13.5. The number of nitrogens with one attached hydrogen (secondary N) is 2. The number of halogens is 9. The van der Waals surface area contributed by atoms with Gasteiger partial charge >= 0.3 is 18.5 Å². The number of aromatic amines is 1. The molecule has 1 unspecified atom stereocenters. The lowest BCUT2D eigenvalue weighted by Crippen LogP contribution is -2.20. The first-order valence-corrected chi connectivity index (χ1v) is 9.46. The number of benzene rings is 2. The molecule has 1 aliphatic heterocycles. The zero-order valence-corrected chi connectivity index (χ0v) is 16.3. The molecule has 176 valence electrons. The van der Waals surface area contributed by atoms with Crippen molar-refractivity contribution in [3.05, 3.63) is 74.6 Å². The molecule has 0 radical (unpaired) electrons. The van der Waals surface area contributed by atoms with Gasteiger partial charge in [-0.1, -0.05) is 0 Å². The molecular formula is C21H13F9N2O. The molecule has 3 nitrogen and oxygen atoms in total. The number of aromatic nitrogens is 1. The average molecular weight is 480 g/mol. The summed E-state index contributed by atoms with van der Waals surface area (Å²) < 4.78 is 120. The molecule has 2 heterocycles. The molecular weight excluding hydrogens is 467 g/mol. The molecule has 33 heavy (non-hydrogen) atoms. The van der Waals surface area contributed by atoms with E-state index < -0.39 is 52.1 Å². The van der Waals surface area contributed by atoms with Crippen LogP contribution in [0.1, 0.15) is 40.2 Å². The Kier molecular flexibility index (Phi) is 5.17. The van der Waals surface area contributed by atoms with Gasteiger partial charge in [0.05, 0.1) is 22.2 Å². The van der Waals surface area contributed by atoms with Gasteiger partial charge in [-0.05, 0) is 47.9 Å². The summed E-state index contributed by atoms with van der Waals surface area (Å²) in [5.41, 5.74) is -5.46. The van der Waals surface area contributed by atoms with E-state index in [1.807, 2.05) is 0 Å². The SMILES string of the molecule is O=c1cc(C(F)(F)F)c2cc3c(cc2[nH]1)NCCC3c1cc(C(F)(F)F)cc(C(F)(F)F)c1. The van der Waals surface area contributed by atoms with Crippen LogP contribution in [0.25, 0.3) is 10.9 Å². The second kappa shape index (κ2) is 7.42. The Labute approximate surface area is 179 Å². The van der Waals surface area contributed by atoms with Gasteiger partial charge in [0.25, 0.3) is 0 Å². The van der Waals surface area contributed by atoms with Crippen LogP contribution in [-0.2, 0) is 18.5 Å². The molecule has 0 saturated heterocycles. The van der Waals surface area contributed by atoms with Gasteiger partial charge in [0.15, 0.2) is 0 Å². The van der Waals surface area contributed by atoms with Crippen molar-refractivity contribution in [3.8, 4) is 0 Å². The van der Waals surface area contributed by atoms with Crippen LogP contribution in [0.2, 0.25) is 0 Å². The fourth-order valence-electron chi connectivity index (χ4n) is 4.03. The van der Waals surface area contributed by atoms with Crippen molar-refractivity contribution in [3.63, 3.8) is 0 Å². The smallest absolute Gasteiger partial charge is 0.385 e. The molecule has 12 heteroatoms. The second-order valence-electron chi connectivity index (χ2n) is 7.64. The van der Waals surface area contributed by atoms with Crippen LogP contribution in [0.15, 0.2) is 41.2 Å². The van der Waals surface area contributed by atoms with Gasteiger partial charge in [0, 0.05) is 29.6 Å². The van der Waals surface area contributed by atoms with E-state index in [1.54, 1.807) is 0 Å². The second-order valence-corrected chi connectivity index (χ2v) is 7.64. The summed E-state index contributed by atoms with van der Waals surface area (Å²) in [7, 11) is 0. The molecule has 2 aromatic carbocycles. The highest BCUT2D eigenvalue weighted by atomic mass is 19.4. The third-order valence-corrected chi connectivity index (χ3v) is 5.45. The zero-order chi connectivity index (χ0) is 24.3. The van der Waals surface area contributed by atoms with Crippen molar-refractivity contribution in [1.29, 1.82) is 0 Å². The highest BCUT2D eigenvalue weighted by Crippen LogP contribution is 2.44. The summed E-state index contributed by atoms with van der Waals surface area (Å²) in [5.74, 6) is -1.04. The molecule has 4 rings (SSSR count). The Balaban J connectivity index is 1.96. The number of fused-ring (bicyclic) bond motifs is 2. The van der Waals surface area contributed by atoms with E-state index >= 15 is 0 Å². The maximum Gasteiger partial charge on any atom is 0.417 e. The summed E-state index contributed by atoms with van der Waals surface area (Å²) in [6.07, 6.45) is -15.0. The Hall–Kier alpha value is -3.18. The van der Waals surface area contributed by atoms with Crippen LogP contribution >= 0.6 is 0 Å². The monoisotopic (exact) mass is 480 g/mol. The van der Waals surface area contributed by atoms with E-state index in [2.05, 4.69) is 10.3 Å². The molecule has 0 bridgehead atoms. The predicted octanol–water partition coefficient (Wildman–Crippen LogP) is 6.53. The summed E-state index contributed by atoms with van der Waals surface area (Å²) in [6.45, 7) is 0.143. The van der Waals surface area contributed by atoms with E-state index in [9.17, 15) is 44.3 Å². The van der Waals surface area contributed by atoms with Crippen LogP contribution in [0.4, 0.5) is 45.2 Å². The van der Waals surface area contributed by atoms with Crippen molar-refractivity contribution in [2.45, 2.75) is 30.9 Å². The number of alkyl halides is 9. The van der Waals surface area contributed by atoms with Gasteiger partial charge in [0.1, 0.15) is 0 Å². The Morgan fingerprint density at radius 1 is 0.758 bits per heavy atom. The van der Waals surface area contributed by atoms with Crippen molar-refractivity contribution >= 4 is 16.6 Å². The predicted molar refractivity (Wildman–Crippen MR) is 101 cm³/mol. The number of pyridine rings is 1. The van der Waals surface area contributed by atoms with E-state index in [1.165, 1.54) is 6.07 Å². The van der Waals surface area contributed by atoms with E-state index in [-0.39, 0.29) is 41.4 Å². The molecule has 1 atom stereocenters. The number of H-pyrrole nitrogens is 1. The zero-order valence-electron chi connectivity index (χ0n) is 16.3. The topological polar surface area (TPSA) is 44.9 Å². The normalized spacial score (nSPS) is 17.1. The molecule has 0 fully saturated rings. The lowest BCUT2D eigenvalue weighted by Gasteiger charge is -2.29. The van der Waals surface area contributed by atoms with E-state index in [0.717, 1.165) is 6.07 Å². The molecule has 0 spiro atoms. The number of rotatable bonds is 1. The minimum atomic E-state index is -5.06. The molecule has 0 amide bonds. The van der Waals surface area contributed by atoms with Gasteiger partial charge in [-0.25, -0.2) is 0 Å². The molecule has 2 N–H and O–H groups in total. The Morgan fingerprint density at radius 3 is 1.91 bits per heavy atom. The van der Waals surface area contributed by atoms with Crippen molar-refractivity contribution in [2.24, 2.45) is 0 Å². The first kappa shape index (κ1) is 23.0. The summed E-state index contributed by atoms with van der Waals surface area (Å²) in [5, 5.41) is 2.46. The Morgan fingerprint density at radius 2 is 1.36 bits per heavy atom.